The van der Waals surface area contributed by atoms with E-state index in [1.54, 1.807) is 25.3 Å². The number of carboxylic acid groups (broad SMARTS) is 1. The van der Waals surface area contributed by atoms with Crippen molar-refractivity contribution in [3.05, 3.63) is 36.5 Å². The number of furan rings is 1. The van der Waals surface area contributed by atoms with E-state index in [0.717, 1.165) is 0 Å². The SMILES string of the molecule is CO/C=C/[C@@H](C)[C@@H](c1ccco1)N(C)C(=O)O. The fourth-order valence-electron chi connectivity index (χ4n) is 1.69. The van der Waals surface area contributed by atoms with Gasteiger partial charge in [-0.05, 0) is 18.2 Å². The van der Waals surface area contributed by atoms with Crippen molar-refractivity contribution in [3.63, 3.8) is 0 Å². The van der Waals surface area contributed by atoms with Crippen LogP contribution in [0.3, 0.4) is 0 Å². The molecule has 1 aromatic heterocycles. The predicted molar refractivity (Wildman–Crippen MR) is 62.5 cm³/mol. The Labute approximate surface area is 100 Å². The number of hydrogen-bond acceptors (Lipinski definition) is 3. The molecule has 0 aliphatic rings. The molecule has 0 aliphatic heterocycles. The summed E-state index contributed by atoms with van der Waals surface area (Å²) < 4.78 is 10.1. The van der Waals surface area contributed by atoms with E-state index < -0.39 is 6.09 Å². The maximum absolute atomic E-state index is 11.0. The van der Waals surface area contributed by atoms with E-state index in [-0.39, 0.29) is 12.0 Å². The van der Waals surface area contributed by atoms with Gasteiger partial charge < -0.3 is 19.2 Å². The Morgan fingerprint density at radius 2 is 2.35 bits per heavy atom. The Kier molecular flexibility index (Phi) is 4.63. The van der Waals surface area contributed by atoms with E-state index in [4.69, 9.17) is 14.3 Å². The van der Waals surface area contributed by atoms with Gasteiger partial charge in [-0.15, -0.1) is 0 Å². The fraction of sp³-hybridized carbons (Fsp3) is 0.417. The van der Waals surface area contributed by atoms with E-state index in [1.165, 1.54) is 24.5 Å². The van der Waals surface area contributed by atoms with Crippen molar-refractivity contribution in [2.45, 2.75) is 13.0 Å². The van der Waals surface area contributed by atoms with Gasteiger partial charge in [-0.1, -0.05) is 6.92 Å². The summed E-state index contributed by atoms with van der Waals surface area (Å²) in [4.78, 5) is 12.3. The van der Waals surface area contributed by atoms with E-state index in [2.05, 4.69) is 0 Å². The molecule has 0 fully saturated rings. The molecule has 0 radical (unpaired) electrons. The van der Waals surface area contributed by atoms with Gasteiger partial charge in [0.15, 0.2) is 0 Å². The lowest BCUT2D eigenvalue weighted by Gasteiger charge is -2.27. The average Bonchev–Trinajstić information content (AvgIpc) is 2.79. The molecule has 0 saturated heterocycles. The molecule has 0 unspecified atom stereocenters. The molecule has 94 valence electrons. The normalized spacial score (nSPS) is 14.5. The van der Waals surface area contributed by atoms with Gasteiger partial charge in [-0.25, -0.2) is 4.79 Å². The zero-order chi connectivity index (χ0) is 12.8. The largest absolute Gasteiger partial charge is 0.505 e. The molecule has 0 saturated carbocycles. The standard InChI is InChI=1S/C12H17NO4/c1-9(6-8-16-3)11(13(2)12(14)15)10-5-4-7-17-10/h4-9,11H,1-3H3,(H,14,15)/b8-6+/t9-,11+/m1/s1. The number of amides is 1. The maximum atomic E-state index is 11.0. The molecular formula is C12H17NO4. The molecule has 1 N–H and O–H groups in total. The highest BCUT2D eigenvalue weighted by Crippen LogP contribution is 2.29. The minimum Gasteiger partial charge on any atom is -0.505 e. The smallest absolute Gasteiger partial charge is 0.407 e. The number of rotatable bonds is 5. The summed E-state index contributed by atoms with van der Waals surface area (Å²) in [5.41, 5.74) is 0. The van der Waals surface area contributed by atoms with Crippen LogP contribution < -0.4 is 0 Å². The second-order valence-corrected chi connectivity index (χ2v) is 3.78. The van der Waals surface area contributed by atoms with Crippen LogP contribution >= 0.6 is 0 Å². The Morgan fingerprint density at radius 3 is 2.82 bits per heavy atom. The molecule has 5 heteroatoms. The van der Waals surface area contributed by atoms with Crippen LogP contribution in [-0.2, 0) is 4.74 Å². The number of methoxy groups -OCH3 is 1. The lowest BCUT2D eigenvalue weighted by atomic mass is 9.98. The van der Waals surface area contributed by atoms with Gasteiger partial charge in [0.05, 0.1) is 25.7 Å². The minimum absolute atomic E-state index is 0.0535. The molecule has 1 aromatic rings. The summed E-state index contributed by atoms with van der Waals surface area (Å²) in [7, 11) is 3.07. The van der Waals surface area contributed by atoms with Gasteiger partial charge >= 0.3 is 6.09 Å². The summed E-state index contributed by atoms with van der Waals surface area (Å²) in [6, 6.07) is 3.14. The monoisotopic (exact) mass is 239 g/mol. The summed E-state index contributed by atoms with van der Waals surface area (Å²) in [6.07, 6.45) is 3.87. The molecular weight excluding hydrogens is 222 g/mol. The second-order valence-electron chi connectivity index (χ2n) is 3.78. The van der Waals surface area contributed by atoms with Crippen LogP contribution in [0.15, 0.2) is 35.2 Å². The lowest BCUT2D eigenvalue weighted by molar-refractivity contribution is 0.121. The third-order valence-electron chi connectivity index (χ3n) is 2.57. The zero-order valence-corrected chi connectivity index (χ0v) is 10.2. The molecule has 0 spiro atoms. The highest BCUT2D eigenvalue weighted by Gasteiger charge is 2.27. The van der Waals surface area contributed by atoms with Crippen LogP contribution in [0.4, 0.5) is 4.79 Å². The van der Waals surface area contributed by atoms with Gasteiger partial charge in [-0.3, -0.25) is 0 Å². The van der Waals surface area contributed by atoms with Crippen molar-refractivity contribution in [1.29, 1.82) is 0 Å². The maximum Gasteiger partial charge on any atom is 0.407 e. The van der Waals surface area contributed by atoms with Crippen molar-refractivity contribution < 1.29 is 19.1 Å². The molecule has 1 heterocycles. The third-order valence-corrected chi connectivity index (χ3v) is 2.57. The van der Waals surface area contributed by atoms with Crippen LogP contribution in [0.25, 0.3) is 0 Å². The van der Waals surface area contributed by atoms with Gasteiger partial charge in [0.1, 0.15) is 5.76 Å². The molecule has 17 heavy (non-hydrogen) atoms. The third kappa shape index (κ3) is 3.27. The van der Waals surface area contributed by atoms with Crippen molar-refractivity contribution >= 4 is 6.09 Å². The van der Waals surface area contributed by atoms with Gasteiger partial charge in [-0.2, -0.15) is 0 Å². The molecule has 5 nitrogen and oxygen atoms in total. The first kappa shape index (κ1) is 13.2. The van der Waals surface area contributed by atoms with Crippen LogP contribution in [0.2, 0.25) is 0 Å². The Hall–Kier alpha value is -1.91. The van der Waals surface area contributed by atoms with Crippen LogP contribution in [0.5, 0.6) is 0 Å². The summed E-state index contributed by atoms with van der Waals surface area (Å²) >= 11 is 0. The summed E-state index contributed by atoms with van der Waals surface area (Å²) in [6.45, 7) is 1.90. The van der Waals surface area contributed by atoms with Crippen molar-refractivity contribution in [2.24, 2.45) is 5.92 Å². The van der Waals surface area contributed by atoms with Crippen molar-refractivity contribution in [3.8, 4) is 0 Å². The second kappa shape index (κ2) is 5.98. The summed E-state index contributed by atoms with van der Waals surface area (Å²) in [5.74, 6) is 0.561. The van der Waals surface area contributed by atoms with Crippen LogP contribution in [0, 0.1) is 5.92 Å². The molecule has 1 rings (SSSR count). The molecule has 0 bridgehead atoms. The molecule has 0 aromatic carbocycles. The molecule has 2 atom stereocenters. The van der Waals surface area contributed by atoms with Gasteiger partial charge in [0, 0.05) is 13.0 Å². The van der Waals surface area contributed by atoms with Gasteiger partial charge in [0.2, 0.25) is 0 Å². The average molecular weight is 239 g/mol. The van der Waals surface area contributed by atoms with E-state index in [1.807, 2.05) is 6.92 Å². The van der Waals surface area contributed by atoms with Crippen molar-refractivity contribution in [1.82, 2.24) is 4.90 Å². The number of nitrogens with zero attached hydrogens (tertiary/aromatic N) is 1. The zero-order valence-electron chi connectivity index (χ0n) is 10.2. The summed E-state index contributed by atoms with van der Waals surface area (Å²) in [5, 5.41) is 9.05. The van der Waals surface area contributed by atoms with E-state index >= 15 is 0 Å². The Morgan fingerprint density at radius 1 is 1.65 bits per heavy atom. The van der Waals surface area contributed by atoms with Gasteiger partial charge in [0.25, 0.3) is 0 Å². The van der Waals surface area contributed by atoms with Crippen molar-refractivity contribution in [2.75, 3.05) is 14.2 Å². The quantitative estimate of drug-likeness (QED) is 0.802. The highest BCUT2D eigenvalue weighted by molar-refractivity contribution is 5.65. The predicted octanol–water partition coefficient (Wildman–Crippen LogP) is 2.73. The molecule has 0 aliphatic carbocycles. The first-order valence-corrected chi connectivity index (χ1v) is 5.26. The van der Waals surface area contributed by atoms with Crippen LogP contribution in [-0.4, -0.2) is 30.3 Å². The van der Waals surface area contributed by atoms with E-state index in [0.29, 0.717) is 5.76 Å². The Bertz CT molecular complexity index is 372. The Balaban J connectivity index is 2.94. The number of hydrogen-bond donors (Lipinski definition) is 1. The molecule has 1 amide bonds. The lowest BCUT2D eigenvalue weighted by Crippen LogP contribution is -2.32. The first-order valence-electron chi connectivity index (χ1n) is 5.26. The van der Waals surface area contributed by atoms with E-state index in [9.17, 15) is 4.79 Å². The minimum atomic E-state index is -0.996. The topological polar surface area (TPSA) is 62.9 Å². The van der Waals surface area contributed by atoms with Crippen LogP contribution in [0.1, 0.15) is 18.7 Å². The highest BCUT2D eigenvalue weighted by atomic mass is 16.5. The number of carbonyl (C=O) groups is 1. The first-order chi connectivity index (χ1) is 8.07. The number of ether oxygens (including phenoxy) is 1. The fourth-order valence-corrected chi connectivity index (χ4v) is 1.69.